The van der Waals surface area contributed by atoms with Gasteiger partial charge in [-0.1, -0.05) is 12.1 Å². The monoisotopic (exact) mass is 336 g/mol. The summed E-state index contributed by atoms with van der Waals surface area (Å²) < 4.78 is 36.0. The number of sulfonamides is 1. The fourth-order valence-electron chi connectivity index (χ4n) is 1.88. The quantitative estimate of drug-likeness (QED) is 0.773. The van der Waals surface area contributed by atoms with E-state index >= 15 is 0 Å². The summed E-state index contributed by atoms with van der Waals surface area (Å²) in [6, 6.07) is 10.4. The highest BCUT2D eigenvalue weighted by atomic mass is 32.2. The Bertz CT molecular complexity index is 820. The zero-order valence-electron chi connectivity index (χ0n) is 12.9. The molecule has 0 saturated carbocycles. The van der Waals surface area contributed by atoms with Crippen LogP contribution in [0, 0.1) is 0 Å². The summed E-state index contributed by atoms with van der Waals surface area (Å²) in [5.74, 6) is -0.107. The number of nitrogens with zero attached hydrogens (tertiary/aromatic N) is 2. The number of hydrogen-bond acceptors (Lipinski definition) is 6. The van der Waals surface area contributed by atoms with Gasteiger partial charge in [-0.05, 0) is 24.3 Å². The third-order valence-electron chi connectivity index (χ3n) is 3.15. The lowest BCUT2D eigenvalue weighted by molar-refractivity contribution is 0.0600. The summed E-state index contributed by atoms with van der Waals surface area (Å²) in [6.45, 7) is 0. The molecular weight excluding hydrogens is 320 g/mol. The van der Waals surface area contributed by atoms with E-state index < -0.39 is 16.0 Å². The van der Waals surface area contributed by atoms with Gasteiger partial charge in [0, 0.05) is 13.1 Å². The number of esters is 1. The van der Waals surface area contributed by atoms with Gasteiger partial charge in [0.2, 0.25) is 5.88 Å². The number of hydrogen-bond donors (Lipinski definition) is 0. The number of benzene rings is 1. The van der Waals surface area contributed by atoms with Gasteiger partial charge in [-0.3, -0.25) is 4.31 Å². The van der Waals surface area contributed by atoms with Crippen molar-refractivity contribution in [2.45, 2.75) is 4.90 Å². The molecular formula is C15H16N2O5S. The summed E-state index contributed by atoms with van der Waals surface area (Å²) in [4.78, 5) is 15.6. The average Bonchev–Trinajstić information content (AvgIpc) is 2.60. The van der Waals surface area contributed by atoms with Crippen molar-refractivity contribution in [1.29, 1.82) is 0 Å². The van der Waals surface area contributed by atoms with Crippen molar-refractivity contribution in [3.8, 4) is 5.88 Å². The van der Waals surface area contributed by atoms with Crippen LogP contribution in [-0.2, 0) is 14.8 Å². The van der Waals surface area contributed by atoms with Crippen LogP contribution in [0.5, 0.6) is 5.88 Å². The highest BCUT2D eigenvalue weighted by Crippen LogP contribution is 2.22. The van der Waals surface area contributed by atoms with Crippen molar-refractivity contribution < 1.29 is 22.7 Å². The Kier molecular flexibility index (Phi) is 4.85. The second-order valence-corrected chi connectivity index (χ2v) is 6.50. The van der Waals surface area contributed by atoms with Crippen molar-refractivity contribution in [3.63, 3.8) is 0 Å². The first kappa shape index (κ1) is 16.8. The van der Waals surface area contributed by atoms with E-state index in [2.05, 4.69) is 9.72 Å². The maximum Gasteiger partial charge on any atom is 0.337 e. The SMILES string of the molecule is COC(=O)c1cccc(S(=O)(=O)N(C)c2cccc(OC)n2)c1. The summed E-state index contributed by atoms with van der Waals surface area (Å²) in [7, 11) is 0.180. The molecule has 0 amide bonds. The molecule has 0 unspecified atom stereocenters. The van der Waals surface area contributed by atoms with Crippen molar-refractivity contribution in [2.75, 3.05) is 25.6 Å². The number of anilines is 1. The van der Waals surface area contributed by atoms with Crippen LogP contribution >= 0.6 is 0 Å². The summed E-state index contributed by atoms with van der Waals surface area (Å²) in [5, 5.41) is 0. The van der Waals surface area contributed by atoms with E-state index in [9.17, 15) is 13.2 Å². The van der Waals surface area contributed by atoms with Gasteiger partial charge >= 0.3 is 5.97 Å². The van der Waals surface area contributed by atoms with Gasteiger partial charge in [-0.15, -0.1) is 0 Å². The predicted molar refractivity (Wildman–Crippen MR) is 84.2 cm³/mol. The van der Waals surface area contributed by atoms with E-state index in [4.69, 9.17) is 4.74 Å². The molecule has 122 valence electrons. The van der Waals surface area contributed by atoms with Crippen LogP contribution < -0.4 is 9.04 Å². The molecule has 2 rings (SSSR count). The van der Waals surface area contributed by atoms with Crippen molar-refractivity contribution in [3.05, 3.63) is 48.0 Å². The van der Waals surface area contributed by atoms with E-state index in [1.807, 2.05) is 0 Å². The molecule has 2 aromatic rings. The van der Waals surface area contributed by atoms with Gasteiger partial charge < -0.3 is 9.47 Å². The Labute approximate surface area is 134 Å². The highest BCUT2D eigenvalue weighted by Gasteiger charge is 2.23. The second-order valence-electron chi connectivity index (χ2n) is 4.53. The fraction of sp³-hybridized carbons (Fsp3) is 0.200. The van der Waals surface area contributed by atoms with E-state index in [0.717, 1.165) is 4.31 Å². The first-order valence-corrected chi connectivity index (χ1v) is 8.02. The largest absolute Gasteiger partial charge is 0.481 e. The third-order valence-corrected chi connectivity index (χ3v) is 4.91. The minimum absolute atomic E-state index is 0.0347. The number of methoxy groups -OCH3 is 2. The molecule has 1 aromatic heterocycles. The molecule has 0 spiro atoms. The molecule has 0 saturated heterocycles. The molecule has 23 heavy (non-hydrogen) atoms. The third kappa shape index (κ3) is 3.42. The minimum Gasteiger partial charge on any atom is -0.481 e. The lowest BCUT2D eigenvalue weighted by Gasteiger charge is -2.19. The summed E-state index contributed by atoms with van der Waals surface area (Å²) in [6.07, 6.45) is 0. The first-order chi connectivity index (χ1) is 10.9. The Morgan fingerprint density at radius 3 is 2.48 bits per heavy atom. The molecule has 1 heterocycles. The molecule has 0 N–H and O–H groups in total. The van der Waals surface area contributed by atoms with Gasteiger partial charge in [0.05, 0.1) is 24.7 Å². The number of carbonyl (C=O) groups is 1. The van der Waals surface area contributed by atoms with Crippen molar-refractivity contribution >= 4 is 21.8 Å². The molecule has 0 radical (unpaired) electrons. The lowest BCUT2D eigenvalue weighted by atomic mass is 10.2. The van der Waals surface area contributed by atoms with E-state index in [1.54, 1.807) is 18.2 Å². The van der Waals surface area contributed by atoms with Crippen LogP contribution in [0.3, 0.4) is 0 Å². The maximum absolute atomic E-state index is 12.7. The van der Waals surface area contributed by atoms with Crippen molar-refractivity contribution in [1.82, 2.24) is 4.98 Å². The van der Waals surface area contributed by atoms with Gasteiger partial charge in [-0.25, -0.2) is 13.2 Å². The molecule has 1 aromatic carbocycles. The Hall–Kier alpha value is -2.61. The maximum atomic E-state index is 12.7. The number of carbonyl (C=O) groups excluding carboxylic acids is 1. The molecule has 0 fully saturated rings. The first-order valence-electron chi connectivity index (χ1n) is 6.58. The zero-order valence-corrected chi connectivity index (χ0v) is 13.7. The van der Waals surface area contributed by atoms with Crippen LogP contribution in [0.25, 0.3) is 0 Å². The molecule has 0 aliphatic rings. The smallest absolute Gasteiger partial charge is 0.337 e. The number of ether oxygens (including phenoxy) is 2. The predicted octanol–water partition coefficient (Wildman–Crippen LogP) is 1.70. The molecule has 0 aliphatic carbocycles. The standard InChI is InChI=1S/C15H16N2O5S/c1-17(13-8-5-9-14(16-13)21-2)23(19,20)12-7-4-6-11(10-12)15(18)22-3/h4-10H,1-3H3. The van der Waals surface area contributed by atoms with E-state index in [1.165, 1.54) is 45.5 Å². The highest BCUT2D eigenvalue weighted by molar-refractivity contribution is 7.92. The topological polar surface area (TPSA) is 85.8 Å². The second kappa shape index (κ2) is 6.66. The molecule has 0 bridgehead atoms. The Morgan fingerprint density at radius 1 is 1.13 bits per heavy atom. The van der Waals surface area contributed by atoms with Crippen LogP contribution in [0.1, 0.15) is 10.4 Å². The van der Waals surface area contributed by atoms with Gasteiger partial charge in [0.1, 0.15) is 5.82 Å². The van der Waals surface area contributed by atoms with Crippen LogP contribution in [0.2, 0.25) is 0 Å². The number of aromatic nitrogens is 1. The number of pyridine rings is 1. The fourth-order valence-corrected chi connectivity index (χ4v) is 3.07. The zero-order chi connectivity index (χ0) is 17.0. The average molecular weight is 336 g/mol. The van der Waals surface area contributed by atoms with Crippen molar-refractivity contribution in [2.24, 2.45) is 0 Å². The molecule has 0 aliphatic heterocycles. The van der Waals surface area contributed by atoms with Crippen LogP contribution in [0.4, 0.5) is 5.82 Å². The van der Waals surface area contributed by atoms with Gasteiger partial charge in [0.15, 0.2) is 0 Å². The van der Waals surface area contributed by atoms with E-state index in [-0.39, 0.29) is 16.3 Å². The molecule has 7 nitrogen and oxygen atoms in total. The molecule has 0 atom stereocenters. The minimum atomic E-state index is -3.87. The summed E-state index contributed by atoms with van der Waals surface area (Å²) >= 11 is 0. The van der Waals surface area contributed by atoms with E-state index in [0.29, 0.717) is 5.88 Å². The van der Waals surface area contributed by atoms with Gasteiger partial charge in [0.25, 0.3) is 10.0 Å². The molecule has 8 heteroatoms. The number of rotatable bonds is 5. The normalized spacial score (nSPS) is 10.9. The summed E-state index contributed by atoms with van der Waals surface area (Å²) in [5.41, 5.74) is 0.153. The lowest BCUT2D eigenvalue weighted by Crippen LogP contribution is -2.27. The van der Waals surface area contributed by atoms with Crippen LogP contribution in [0.15, 0.2) is 47.4 Å². The Balaban J connectivity index is 2.43. The Morgan fingerprint density at radius 2 is 1.83 bits per heavy atom. The van der Waals surface area contributed by atoms with Gasteiger partial charge in [-0.2, -0.15) is 4.98 Å². The van der Waals surface area contributed by atoms with Crippen LogP contribution in [-0.4, -0.2) is 40.6 Å².